The number of anilines is 1. The van der Waals surface area contributed by atoms with E-state index >= 15 is 0 Å². The fourth-order valence-corrected chi connectivity index (χ4v) is 5.73. The molecule has 1 aromatic heterocycles. The molecule has 0 radical (unpaired) electrons. The third kappa shape index (κ3) is 5.86. The van der Waals surface area contributed by atoms with E-state index in [1.165, 1.54) is 10.9 Å². The second kappa shape index (κ2) is 11.1. The summed E-state index contributed by atoms with van der Waals surface area (Å²) >= 11 is 0. The van der Waals surface area contributed by atoms with E-state index in [9.17, 15) is 14.7 Å². The van der Waals surface area contributed by atoms with Crippen LogP contribution in [0.2, 0.25) is 0 Å². The molecular weight excluding hydrogens is 450 g/mol. The molecule has 1 fully saturated rings. The fourth-order valence-electron chi connectivity index (χ4n) is 5.73. The molecule has 1 saturated heterocycles. The molecule has 188 valence electrons. The molecule has 1 amide bonds. The third-order valence-corrected chi connectivity index (χ3v) is 7.80. The van der Waals surface area contributed by atoms with Gasteiger partial charge in [-0.3, -0.25) is 9.59 Å². The summed E-state index contributed by atoms with van der Waals surface area (Å²) in [7, 11) is 0. The molecule has 0 saturated carbocycles. The van der Waals surface area contributed by atoms with Gasteiger partial charge in [0.1, 0.15) is 5.82 Å². The van der Waals surface area contributed by atoms with Gasteiger partial charge in [-0.05, 0) is 78.3 Å². The maximum Gasteiger partial charge on any atom is 0.303 e. The number of hydrogen-bond acceptors (Lipinski definition) is 4. The first-order valence-electron chi connectivity index (χ1n) is 13.3. The van der Waals surface area contributed by atoms with Crippen molar-refractivity contribution < 1.29 is 14.7 Å². The van der Waals surface area contributed by atoms with Crippen molar-refractivity contribution in [2.24, 2.45) is 5.92 Å². The second-order valence-electron chi connectivity index (χ2n) is 10.3. The average Bonchev–Trinajstić information content (AvgIpc) is 2.91. The monoisotopic (exact) mass is 485 g/mol. The minimum absolute atomic E-state index is 0.0111. The first-order valence-corrected chi connectivity index (χ1v) is 13.3. The SMILES string of the molecule is O=C(O)C[C@@H](CC1CCN(C(=O)CCc2ccc3c(n2)NCCC3)CC1)c1ccc2ccccc2c1. The van der Waals surface area contributed by atoms with Gasteiger partial charge in [0.25, 0.3) is 0 Å². The standard InChI is InChI=1S/C30H35N3O3/c34-28(12-11-27-10-9-23-6-3-15-31-30(23)32-27)33-16-13-21(14-17-33)18-26(20-29(35)36)25-8-7-22-4-1-2-5-24(22)19-25/h1-2,4-5,7-10,19,21,26H,3,6,11-18,20H2,(H,31,32)(H,35,36)/t26-/m1/s1. The summed E-state index contributed by atoms with van der Waals surface area (Å²) in [5, 5.41) is 15.2. The lowest BCUT2D eigenvalue weighted by atomic mass is 9.81. The molecule has 0 spiro atoms. The van der Waals surface area contributed by atoms with Gasteiger partial charge < -0.3 is 15.3 Å². The highest BCUT2D eigenvalue weighted by molar-refractivity contribution is 5.83. The number of nitrogens with one attached hydrogen (secondary N) is 1. The molecule has 0 bridgehead atoms. The summed E-state index contributed by atoms with van der Waals surface area (Å²) in [5.74, 6) is 0.833. The Labute approximate surface area is 212 Å². The maximum atomic E-state index is 12.9. The molecule has 5 rings (SSSR count). The van der Waals surface area contributed by atoms with Crippen LogP contribution in [0.25, 0.3) is 10.8 Å². The number of carbonyl (C=O) groups is 2. The number of likely N-dealkylation sites (tertiary alicyclic amines) is 1. The Morgan fingerprint density at radius 1 is 1.06 bits per heavy atom. The van der Waals surface area contributed by atoms with Crippen molar-refractivity contribution in [3.63, 3.8) is 0 Å². The van der Waals surface area contributed by atoms with E-state index in [0.717, 1.165) is 74.2 Å². The number of pyridine rings is 1. The number of carboxylic acids is 1. The highest BCUT2D eigenvalue weighted by atomic mass is 16.4. The van der Waals surface area contributed by atoms with Gasteiger partial charge in [0.15, 0.2) is 0 Å². The lowest BCUT2D eigenvalue weighted by Crippen LogP contribution is -2.39. The zero-order valence-electron chi connectivity index (χ0n) is 20.8. The van der Waals surface area contributed by atoms with Gasteiger partial charge in [0, 0.05) is 31.7 Å². The van der Waals surface area contributed by atoms with Gasteiger partial charge in [0.2, 0.25) is 5.91 Å². The number of amides is 1. The molecular formula is C30H35N3O3. The lowest BCUT2D eigenvalue weighted by molar-refractivity contribution is -0.137. The quantitative estimate of drug-likeness (QED) is 0.446. The Bertz CT molecular complexity index is 1230. The molecule has 6 heteroatoms. The Morgan fingerprint density at radius 3 is 2.67 bits per heavy atom. The number of nitrogens with zero attached hydrogens (tertiary/aromatic N) is 2. The highest BCUT2D eigenvalue weighted by Crippen LogP contribution is 2.34. The summed E-state index contributed by atoms with van der Waals surface area (Å²) in [6, 6.07) is 18.7. The molecule has 0 unspecified atom stereocenters. The molecule has 2 aromatic carbocycles. The van der Waals surface area contributed by atoms with Gasteiger partial charge in [-0.15, -0.1) is 0 Å². The molecule has 2 aliphatic rings. The molecule has 2 N–H and O–H groups in total. The molecule has 0 aliphatic carbocycles. The second-order valence-corrected chi connectivity index (χ2v) is 10.3. The highest BCUT2D eigenvalue weighted by Gasteiger charge is 2.27. The molecule has 3 heterocycles. The topological polar surface area (TPSA) is 82.5 Å². The average molecular weight is 486 g/mol. The minimum Gasteiger partial charge on any atom is -0.481 e. The zero-order valence-corrected chi connectivity index (χ0v) is 20.8. The summed E-state index contributed by atoms with van der Waals surface area (Å²) in [4.78, 5) is 31.2. The van der Waals surface area contributed by atoms with Crippen molar-refractivity contribution in [2.45, 2.75) is 57.3 Å². The van der Waals surface area contributed by atoms with Crippen LogP contribution in [0, 0.1) is 5.92 Å². The van der Waals surface area contributed by atoms with Crippen molar-refractivity contribution in [3.05, 3.63) is 71.4 Å². The lowest BCUT2D eigenvalue weighted by Gasteiger charge is -2.34. The minimum atomic E-state index is -0.758. The number of fused-ring (bicyclic) bond motifs is 2. The fraction of sp³-hybridized carbons (Fsp3) is 0.433. The van der Waals surface area contributed by atoms with Crippen LogP contribution in [0.4, 0.5) is 5.82 Å². The van der Waals surface area contributed by atoms with Crippen molar-refractivity contribution in [2.75, 3.05) is 25.0 Å². The van der Waals surface area contributed by atoms with Crippen LogP contribution >= 0.6 is 0 Å². The Balaban J connectivity index is 1.14. The number of aromatic nitrogens is 1. The van der Waals surface area contributed by atoms with Crippen LogP contribution < -0.4 is 5.32 Å². The molecule has 3 aromatic rings. The van der Waals surface area contributed by atoms with Crippen LogP contribution in [0.15, 0.2) is 54.6 Å². The van der Waals surface area contributed by atoms with E-state index in [-0.39, 0.29) is 18.2 Å². The van der Waals surface area contributed by atoms with Crippen molar-refractivity contribution >= 4 is 28.5 Å². The summed E-state index contributed by atoms with van der Waals surface area (Å²) in [6.45, 7) is 2.46. The summed E-state index contributed by atoms with van der Waals surface area (Å²) < 4.78 is 0. The molecule has 1 atom stereocenters. The van der Waals surface area contributed by atoms with Gasteiger partial charge in [-0.2, -0.15) is 0 Å². The van der Waals surface area contributed by atoms with Crippen molar-refractivity contribution in [3.8, 4) is 0 Å². The third-order valence-electron chi connectivity index (χ3n) is 7.80. The summed E-state index contributed by atoms with van der Waals surface area (Å²) in [6.07, 6.45) is 6.19. The Hall–Kier alpha value is -3.41. The van der Waals surface area contributed by atoms with E-state index in [4.69, 9.17) is 4.98 Å². The number of carbonyl (C=O) groups excluding carboxylic acids is 1. The number of hydrogen-bond donors (Lipinski definition) is 2. The molecule has 36 heavy (non-hydrogen) atoms. The van der Waals surface area contributed by atoms with Crippen LogP contribution in [-0.2, 0) is 22.4 Å². The predicted octanol–water partition coefficient (Wildman–Crippen LogP) is 5.41. The molecule has 6 nitrogen and oxygen atoms in total. The first-order chi connectivity index (χ1) is 17.5. The van der Waals surface area contributed by atoms with E-state index in [1.807, 2.05) is 17.0 Å². The van der Waals surface area contributed by atoms with Crippen LogP contribution in [-0.4, -0.2) is 46.5 Å². The molecule has 2 aliphatic heterocycles. The van der Waals surface area contributed by atoms with Crippen molar-refractivity contribution in [1.29, 1.82) is 0 Å². The van der Waals surface area contributed by atoms with Crippen LogP contribution in [0.3, 0.4) is 0 Å². The maximum absolute atomic E-state index is 12.9. The van der Waals surface area contributed by atoms with E-state index in [0.29, 0.717) is 18.8 Å². The number of carboxylic acid groups (broad SMARTS) is 1. The van der Waals surface area contributed by atoms with Gasteiger partial charge in [-0.1, -0.05) is 48.5 Å². The van der Waals surface area contributed by atoms with E-state index < -0.39 is 5.97 Å². The Morgan fingerprint density at radius 2 is 1.86 bits per heavy atom. The van der Waals surface area contributed by atoms with Gasteiger partial charge in [0.05, 0.1) is 6.42 Å². The number of aryl methyl sites for hydroxylation is 2. The number of piperidine rings is 1. The normalized spacial score (nSPS) is 16.8. The zero-order chi connectivity index (χ0) is 24.9. The number of aliphatic carboxylic acids is 1. The van der Waals surface area contributed by atoms with Crippen LogP contribution in [0.1, 0.15) is 61.3 Å². The van der Waals surface area contributed by atoms with Gasteiger partial charge in [-0.25, -0.2) is 4.98 Å². The van der Waals surface area contributed by atoms with Crippen molar-refractivity contribution in [1.82, 2.24) is 9.88 Å². The summed E-state index contributed by atoms with van der Waals surface area (Å²) in [5.41, 5.74) is 3.34. The van der Waals surface area contributed by atoms with Gasteiger partial charge >= 0.3 is 5.97 Å². The first kappa shape index (κ1) is 24.3. The Kier molecular flexibility index (Phi) is 7.49. The van der Waals surface area contributed by atoms with Crippen LogP contribution in [0.5, 0.6) is 0 Å². The predicted molar refractivity (Wildman–Crippen MR) is 142 cm³/mol. The smallest absolute Gasteiger partial charge is 0.303 e. The van der Waals surface area contributed by atoms with E-state index in [2.05, 4.69) is 47.8 Å². The number of benzene rings is 2. The van der Waals surface area contributed by atoms with E-state index in [1.54, 1.807) is 0 Å². The number of rotatable bonds is 8. The largest absolute Gasteiger partial charge is 0.481 e.